The van der Waals surface area contributed by atoms with E-state index >= 15 is 0 Å². The third-order valence-electron chi connectivity index (χ3n) is 8.40. The maximum Gasteiger partial charge on any atom is 0.136 e. The maximum absolute atomic E-state index is 9.66. The van der Waals surface area contributed by atoms with Gasteiger partial charge in [0.2, 0.25) is 0 Å². The molecule has 0 spiro atoms. The molecule has 0 bridgehead atoms. The highest BCUT2D eigenvalue weighted by molar-refractivity contribution is 6.19. The van der Waals surface area contributed by atoms with E-state index in [1.54, 1.807) is 0 Å². The largest absolute Gasteiger partial charge is 0.456 e. The zero-order chi connectivity index (χ0) is 56.2. The molecule has 0 saturated heterocycles. The first-order chi connectivity index (χ1) is 36.2. The lowest BCUT2D eigenvalue weighted by Crippen LogP contribution is -2.10. The summed E-state index contributed by atoms with van der Waals surface area (Å²) in [5.74, 6) is 0. The molecule has 0 fully saturated rings. The Hall–Kier alpha value is -6.90. The van der Waals surface area contributed by atoms with Crippen LogP contribution in [0.1, 0.15) is 34.3 Å². The van der Waals surface area contributed by atoms with E-state index in [1.165, 1.54) is 53.4 Å². The van der Waals surface area contributed by atoms with Crippen molar-refractivity contribution in [3.63, 3.8) is 0 Å². The summed E-state index contributed by atoms with van der Waals surface area (Å²) in [6.45, 7) is 0. The average molecular weight is 689 g/mol. The van der Waals surface area contributed by atoms with Gasteiger partial charge in [0, 0.05) is 27.8 Å². The standard InChI is InChI=1S/C50H33NO/c1-2-10-34(11-3-1)35-22-27-41(28-23-35)51(43-15-8-14-40(32-43)45-18-9-13-37-12-4-5-16-44(37)45)42-29-24-36(25-30-42)39-21-20-38-26-31-49-50(47(38)33-39)46-17-6-7-19-48(46)52-49/h1-33H/i1D,2D,3D,4D,5D,6D,7D,9D,10D,11D,12D,13D,16D,17D,18D,19D,20D,21D,24D,25D,26D,29D,30D,31D,33D. The second-order valence-corrected chi connectivity index (χ2v) is 11.4. The molecule has 0 aliphatic heterocycles. The number of fused-ring (bicyclic) bond motifs is 6. The van der Waals surface area contributed by atoms with Crippen molar-refractivity contribution < 1.29 is 38.7 Å². The lowest BCUT2D eigenvalue weighted by Gasteiger charge is -2.26. The van der Waals surface area contributed by atoms with Gasteiger partial charge in [-0.15, -0.1) is 0 Å². The van der Waals surface area contributed by atoms with Gasteiger partial charge in [-0.3, -0.25) is 0 Å². The molecule has 10 aromatic rings. The second-order valence-electron chi connectivity index (χ2n) is 11.4. The van der Waals surface area contributed by atoms with E-state index in [2.05, 4.69) is 0 Å². The van der Waals surface area contributed by atoms with Crippen LogP contribution in [0.15, 0.2) is 204 Å². The van der Waals surface area contributed by atoms with Gasteiger partial charge in [0.25, 0.3) is 0 Å². The fourth-order valence-corrected chi connectivity index (χ4v) is 6.03. The Morgan fingerprint density at radius 3 is 1.96 bits per heavy atom. The number of rotatable bonds is 6. The molecule has 10 rings (SSSR count). The number of nitrogens with zero attached hydrogens (tertiary/aromatic N) is 1. The minimum atomic E-state index is -0.877. The van der Waals surface area contributed by atoms with Crippen LogP contribution in [0, 0.1) is 0 Å². The summed E-state index contributed by atoms with van der Waals surface area (Å²) in [6.07, 6.45) is 0. The van der Waals surface area contributed by atoms with Crippen molar-refractivity contribution in [2.24, 2.45) is 0 Å². The summed E-state index contributed by atoms with van der Waals surface area (Å²) in [5.41, 5.74) is -2.89. The van der Waals surface area contributed by atoms with E-state index < -0.39 is 190 Å². The van der Waals surface area contributed by atoms with Gasteiger partial charge in [0.15, 0.2) is 0 Å². The number of anilines is 3. The number of hydrogen-bond acceptors (Lipinski definition) is 2. The molecule has 0 aliphatic rings. The minimum Gasteiger partial charge on any atom is -0.456 e. The predicted molar refractivity (Wildman–Crippen MR) is 220 cm³/mol. The molecular weight excluding hydrogens is 631 g/mol. The topological polar surface area (TPSA) is 16.4 Å². The molecule has 0 aliphatic carbocycles. The Labute approximate surface area is 337 Å². The zero-order valence-electron chi connectivity index (χ0n) is 51.5. The van der Waals surface area contributed by atoms with E-state index in [0.29, 0.717) is 0 Å². The normalized spacial score (nSPS) is 18.2. The van der Waals surface area contributed by atoms with Crippen LogP contribution < -0.4 is 4.90 Å². The Bertz CT molecular complexity index is 4280. The van der Waals surface area contributed by atoms with Gasteiger partial charge >= 0.3 is 0 Å². The van der Waals surface area contributed by atoms with Gasteiger partial charge in [0.05, 0.1) is 34.3 Å². The fraction of sp³-hybridized carbons (Fsp3) is 0. The predicted octanol–water partition coefficient (Wildman–Crippen LogP) is 14.4. The second kappa shape index (κ2) is 12.5. The number of hydrogen-bond donors (Lipinski definition) is 0. The van der Waals surface area contributed by atoms with Crippen LogP contribution in [-0.2, 0) is 0 Å². The van der Waals surface area contributed by atoms with Crippen LogP contribution in [-0.4, -0.2) is 0 Å². The average Bonchev–Trinajstić information content (AvgIpc) is 3.83. The molecule has 0 radical (unpaired) electrons. The van der Waals surface area contributed by atoms with Gasteiger partial charge in [-0.05, 0) is 109 Å². The Balaban J connectivity index is 1.27. The molecule has 1 heterocycles. The molecule has 1 aromatic heterocycles. The highest BCUT2D eigenvalue weighted by atomic mass is 16.3. The Morgan fingerprint density at radius 1 is 0.404 bits per heavy atom. The monoisotopic (exact) mass is 688 g/mol. The van der Waals surface area contributed by atoms with Crippen molar-refractivity contribution in [3.05, 3.63) is 200 Å². The fourth-order valence-electron chi connectivity index (χ4n) is 6.03. The van der Waals surface area contributed by atoms with Gasteiger partial charge in [-0.25, -0.2) is 0 Å². The quantitative estimate of drug-likeness (QED) is 0.173. The van der Waals surface area contributed by atoms with Crippen molar-refractivity contribution in [2.45, 2.75) is 0 Å². The minimum absolute atomic E-state index is 0.00375. The third kappa shape index (κ3) is 5.21. The first kappa shape index (κ1) is 14.0. The van der Waals surface area contributed by atoms with Crippen LogP contribution >= 0.6 is 0 Å². The molecule has 9 aromatic carbocycles. The van der Waals surface area contributed by atoms with Crippen LogP contribution in [0.25, 0.3) is 76.9 Å². The number of para-hydroxylation sites is 1. The number of benzene rings is 9. The molecular formula is C50H33NO. The maximum atomic E-state index is 9.66. The SMILES string of the molecule is [2H]c1c([2H])c([2H])c(-c2ccc(N(c3cccc(-c4c([2H])c([2H])c([2H])c5c([2H])c([2H])c([2H])c([2H])c45)c3)c3c([2H])c([2H])c(-c4c([2H])c([2H])c5c([2H])c([2H])c6oc7c([2H])c([2H])c([2H])c([2H])c7c6c5c4[2H])c([2H])c3[2H])cc2)c([2H])c1[2H]. The Morgan fingerprint density at radius 2 is 1.10 bits per heavy atom. The van der Waals surface area contributed by atoms with Crippen LogP contribution in [0.4, 0.5) is 17.1 Å². The van der Waals surface area contributed by atoms with E-state index in [4.69, 9.17) is 30.5 Å². The van der Waals surface area contributed by atoms with E-state index in [9.17, 15) is 8.22 Å². The van der Waals surface area contributed by atoms with Crippen LogP contribution in [0.5, 0.6) is 0 Å². The van der Waals surface area contributed by atoms with Crippen LogP contribution in [0.2, 0.25) is 0 Å². The first-order valence-corrected chi connectivity index (χ1v) is 15.7. The molecule has 0 saturated carbocycles. The highest BCUT2D eigenvalue weighted by Crippen LogP contribution is 2.41. The zero-order valence-corrected chi connectivity index (χ0v) is 26.5. The van der Waals surface area contributed by atoms with E-state index in [0.717, 1.165) is 0 Å². The Kier molecular flexibility index (Phi) is 3.36. The third-order valence-corrected chi connectivity index (χ3v) is 8.40. The first-order valence-electron chi connectivity index (χ1n) is 28.2. The summed E-state index contributed by atoms with van der Waals surface area (Å²) in [5, 5.41) is -2.07. The summed E-state index contributed by atoms with van der Waals surface area (Å²) in [6, 6.07) is -6.05. The lowest BCUT2D eigenvalue weighted by molar-refractivity contribution is 0.669. The number of furan rings is 1. The molecule has 0 N–H and O–H groups in total. The van der Waals surface area contributed by atoms with Gasteiger partial charge in [-0.1, -0.05) is 145 Å². The van der Waals surface area contributed by atoms with Crippen molar-refractivity contribution in [1.82, 2.24) is 0 Å². The molecule has 2 nitrogen and oxygen atoms in total. The molecule has 52 heavy (non-hydrogen) atoms. The molecule has 0 unspecified atom stereocenters. The van der Waals surface area contributed by atoms with Gasteiger partial charge in [-0.2, -0.15) is 0 Å². The van der Waals surface area contributed by atoms with Gasteiger partial charge in [0.1, 0.15) is 11.2 Å². The van der Waals surface area contributed by atoms with Crippen molar-refractivity contribution in [1.29, 1.82) is 0 Å². The van der Waals surface area contributed by atoms with E-state index in [1.807, 2.05) is 0 Å². The molecule has 2 heteroatoms. The molecule has 244 valence electrons. The van der Waals surface area contributed by atoms with E-state index in [-0.39, 0.29) is 55.2 Å². The van der Waals surface area contributed by atoms with Gasteiger partial charge < -0.3 is 9.32 Å². The van der Waals surface area contributed by atoms with Crippen molar-refractivity contribution >= 4 is 60.5 Å². The summed E-state index contributed by atoms with van der Waals surface area (Å²) in [7, 11) is 0. The molecule has 0 atom stereocenters. The lowest BCUT2D eigenvalue weighted by atomic mass is 9.97. The summed E-state index contributed by atoms with van der Waals surface area (Å²) >= 11 is 0. The van der Waals surface area contributed by atoms with Crippen molar-refractivity contribution in [2.75, 3.05) is 4.90 Å². The smallest absolute Gasteiger partial charge is 0.136 e. The van der Waals surface area contributed by atoms with Crippen LogP contribution in [0.3, 0.4) is 0 Å². The summed E-state index contributed by atoms with van der Waals surface area (Å²) in [4.78, 5) is 1.22. The highest BCUT2D eigenvalue weighted by Gasteiger charge is 2.16. The molecule has 0 amide bonds. The summed E-state index contributed by atoms with van der Waals surface area (Å²) < 4.78 is 226. The van der Waals surface area contributed by atoms with Crippen molar-refractivity contribution in [3.8, 4) is 33.4 Å².